The highest BCUT2D eigenvalue weighted by Gasteiger charge is 2.28. The lowest BCUT2D eigenvalue weighted by atomic mass is 10.1. The minimum Gasteiger partial charge on any atom is -0.484 e. The fraction of sp³-hybridized carbons (Fsp3) is 0.364. The first-order valence-electron chi connectivity index (χ1n) is 9.29. The van der Waals surface area contributed by atoms with Crippen molar-refractivity contribution in [2.24, 2.45) is 0 Å². The third kappa shape index (κ3) is 7.38. The van der Waals surface area contributed by atoms with Crippen LogP contribution in [0.15, 0.2) is 48.5 Å². The van der Waals surface area contributed by atoms with Crippen LogP contribution in [-0.2, 0) is 16.1 Å². The molecule has 5 nitrogen and oxygen atoms in total. The van der Waals surface area contributed by atoms with E-state index in [2.05, 4.69) is 5.32 Å². The maximum absolute atomic E-state index is 13.2. The van der Waals surface area contributed by atoms with E-state index in [1.54, 1.807) is 43.3 Å². The summed E-state index contributed by atoms with van der Waals surface area (Å²) in [6.45, 7) is 7.15. The van der Waals surface area contributed by atoms with Gasteiger partial charge in [0.25, 0.3) is 5.91 Å². The van der Waals surface area contributed by atoms with E-state index in [9.17, 15) is 14.0 Å². The zero-order valence-electron chi connectivity index (χ0n) is 17.0. The van der Waals surface area contributed by atoms with E-state index >= 15 is 0 Å². The predicted molar refractivity (Wildman–Crippen MR) is 111 cm³/mol. The monoisotopic (exact) mass is 420 g/mol. The van der Waals surface area contributed by atoms with Gasteiger partial charge in [-0.3, -0.25) is 9.59 Å². The van der Waals surface area contributed by atoms with E-state index in [-0.39, 0.29) is 30.8 Å². The molecule has 0 aliphatic rings. The molecule has 0 spiro atoms. The molecule has 0 radical (unpaired) electrons. The normalized spacial score (nSPS) is 12.2. The summed E-state index contributed by atoms with van der Waals surface area (Å²) in [5.74, 6) is -0.560. The Morgan fingerprint density at radius 2 is 1.83 bits per heavy atom. The third-order valence-electron chi connectivity index (χ3n) is 4.09. The standard InChI is InChI=1S/C22H26ClFN2O3/c1-15(21(28)25-22(2,3)4)26(13-16-8-10-18(24)11-9-16)20(27)14-29-19-7-5-6-17(23)12-19/h5-12,15H,13-14H2,1-4H3,(H,25,28). The van der Waals surface area contributed by atoms with Crippen LogP contribution in [0.2, 0.25) is 5.02 Å². The van der Waals surface area contributed by atoms with Gasteiger partial charge in [-0.25, -0.2) is 4.39 Å². The zero-order chi connectivity index (χ0) is 21.6. The minimum absolute atomic E-state index is 0.150. The molecule has 0 bridgehead atoms. The molecule has 0 aliphatic heterocycles. The number of hydrogen-bond acceptors (Lipinski definition) is 3. The zero-order valence-corrected chi connectivity index (χ0v) is 17.8. The third-order valence-corrected chi connectivity index (χ3v) is 4.33. The van der Waals surface area contributed by atoms with Crippen LogP contribution in [0.4, 0.5) is 4.39 Å². The number of carbonyl (C=O) groups excluding carboxylic acids is 2. The van der Waals surface area contributed by atoms with Crippen LogP contribution >= 0.6 is 11.6 Å². The average molecular weight is 421 g/mol. The number of benzene rings is 2. The number of halogens is 2. The average Bonchev–Trinajstić information content (AvgIpc) is 2.64. The van der Waals surface area contributed by atoms with Crippen molar-refractivity contribution in [3.05, 3.63) is 64.9 Å². The van der Waals surface area contributed by atoms with Gasteiger partial charge in [0.15, 0.2) is 6.61 Å². The maximum Gasteiger partial charge on any atom is 0.261 e. The number of ether oxygens (including phenoxy) is 1. The highest BCUT2D eigenvalue weighted by atomic mass is 35.5. The van der Waals surface area contributed by atoms with Crippen molar-refractivity contribution in [1.82, 2.24) is 10.2 Å². The Hall–Kier alpha value is -2.60. The first-order chi connectivity index (χ1) is 13.5. The summed E-state index contributed by atoms with van der Waals surface area (Å²) in [5.41, 5.74) is 0.269. The van der Waals surface area contributed by atoms with Crippen LogP contribution in [0, 0.1) is 5.82 Å². The lowest BCUT2D eigenvalue weighted by Crippen LogP contribution is -2.53. The van der Waals surface area contributed by atoms with Gasteiger partial charge in [-0.2, -0.15) is 0 Å². The Morgan fingerprint density at radius 1 is 1.17 bits per heavy atom. The molecule has 29 heavy (non-hydrogen) atoms. The first kappa shape index (κ1) is 22.7. The largest absolute Gasteiger partial charge is 0.484 e. The van der Waals surface area contributed by atoms with Gasteiger partial charge in [0.2, 0.25) is 5.91 Å². The van der Waals surface area contributed by atoms with Crippen LogP contribution < -0.4 is 10.1 Å². The SMILES string of the molecule is CC(C(=O)NC(C)(C)C)N(Cc1ccc(F)cc1)C(=O)COc1cccc(Cl)c1. The van der Waals surface area contributed by atoms with Crippen LogP contribution in [0.5, 0.6) is 5.75 Å². The van der Waals surface area contributed by atoms with Crippen LogP contribution in [-0.4, -0.2) is 34.9 Å². The first-order valence-corrected chi connectivity index (χ1v) is 9.67. The van der Waals surface area contributed by atoms with Gasteiger partial charge < -0.3 is 15.0 Å². The van der Waals surface area contributed by atoms with Gasteiger partial charge in [0.05, 0.1) is 0 Å². The summed E-state index contributed by atoms with van der Waals surface area (Å²) in [5, 5.41) is 3.38. The fourth-order valence-corrected chi connectivity index (χ4v) is 2.81. The summed E-state index contributed by atoms with van der Waals surface area (Å²) in [6.07, 6.45) is 0. The molecule has 0 saturated carbocycles. The molecule has 2 rings (SSSR count). The second kappa shape index (κ2) is 9.74. The van der Waals surface area contributed by atoms with Crippen LogP contribution in [0.1, 0.15) is 33.3 Å². The highest BCUT2D eigenvalue weighted by molar-refractivity contribution is 6.30. The van der Waals surface area contributed by atoms with Gasteiger partial charge >= 0.3 is 0 Å². The van der Waals surface area contributed by atoms with Crippen LogP contribution in [0.3, 0.4) is 0 Å². The lowest BCUT2D eigenvalue weighted by molar-refractivity contribution is -0.142. The number of nitrogens with one attached hydrogen (secondary N) is 1. The smallest absolute Gasteiger partial charge is 0.261 e. The molecule has 2 aromatic rings. The molecule has 0 aliphatic carbocycles. The van der Waals surface area contributed by atoms with Crippen molar-refractivity contribution in [3.63, 3.8) is 0 Å². The van der Waals surface area contributed by atoms with Crippen molar-refractivity contribution < 1.29 is 18.7 Å². The van der Waals surface area contributed by atoms with Crippen molar-refractivity contribution >= 4 is 23.4 Å². The quantitative estimate of drug-likeness (QED) is 0.730. The minimum atomic E-state index is -0.741. The molecular weight excluding hydrogens is 395 g/mol. The Bertz CT molecular complexity index is 850. The van der Waals surface area contributed by atoms with E-state index in [1.165, 1.54) is 17.0 Å². The number of carbonyl (C=O) groups is 2. The molecule has 0 heterocycles. The van der Waals surface area contributed by atoms with Crippen LogP contribution in [0.25, 0.3) is 0 Å². The Morgan fingerprint density at radius 3 is 2.41 bits per heavy atom. The highest BCUT2D eigenvalue weighted by Crippen LogP contribution is 2.18. The number of nitrogens with zero attached hydrogens (tertiary/aromatic N) is 1. The molecule has 156 valence electrons. The van der Waals surface area contributed by atoms with Gasteiger partial charge in [0.1, 0.15) is 17.6 Å². The number of amides is 2. The topological polar surface area (TPSA) is 58.6 Å². The molecule has 1 unspecified atom stereocenters. The summed E-state index contributed by atoms with van der Waals surface area (Å²) in [4.78, 5) is 27.0. The molecule has 1 N–H and O–H groups in total. The summed E-state index contributed by atoms with van der Waals surface area (Å²) in [7, 11) is 0. The van der Waals surface area contributed by atoms with Gasteiger partial charge in [-0.05, 0) is 63.6 Å². The fourth-order valence-electron chi connectivity index (χ4n) is 2.63. The van der Waals surface area contributed by atoms with Crippen molar-refractivity contribution in [3.8, 4) is 5.75 Å². The Balaban J connectivity index is 2.16. The predicted octanol–water partition coefficient (Wildman–Crippen LogP) is 4.19. The van der Waals surface area contributed by atoms with Gasteiger partial charge in [0, 0.05) is 17.1 Å². The van der Waals surface area contributed by atoms with E-state index in [4.69, 9.17) is 16.3 Å². The summed E-state index contributed by atoms with van der Waals surface area (Å²) in [6, 6.07) is 11.8. The van der Waals surface area contributed by atoms with E-state index in [0.29, 0.717) is 16.3 Å². The number of rotatable bonds is 7. The molecule has 0 saturated heterocycles. The second-order valence-corrected chi connectivity index (χ2v) is 8.25. The van der Waals surface area contributed by atoms with Crippen molar-refractivity contribution in [2.75, 3.05) is 6.61 Å². The molecule has 2 aromatic carbocycles. The Kier molecular flexibility index (Phi) is 7.62. The van der Waals surface area contributed by atoms with Gasteiger partial charge in [-0.15, -0.1) is 0 Å². The molecule has 1 atom stereocenters. The summed E-state index contributed by atoms with van der Waals surface area (Å²) < 4.78 is 18.8. The van der Waals surface area contributed by atoms with Gasteiger partial charge in [-0.1, -0.05) is 29.8 Å². The molecule has 0 aromatic heterocycles. The molecular formula is C22H26ClFN2O3. The van der Waals surface area contributed by atoms with E-state index < -0.39 is 11.6 Å². The van der Waals surface area contributed by atoms with E-state index in [1.807, 2.05) is 20.8 Å². The Labute approximate surface area is 175 Å². The van der Waals surface area contributed by atoms with Crippen molar-refractivity contribution in [2.45, 2.75) is 45.8 Å². The molecule has 0 fully saturated rings. The molecule has 7 heteroatoms. The van der Waals surface area contributed by atoms with E-state index in [0.717, 1.165) is 0 Å². The lowest BCUT2D eigenvalue weighted by Gasteiger charge is -2.31. The summed E-state index contributed by atoms with van der Waals surface area (Å²) >= 11 is 5.94. The maximum atomic E-state index is 13.2. The second-order valence-electron chi connectivity index (χ2n) is 7.81. The number of hydrogen-bond donors (Lipinski definition) is 1. The molecule has 2 amide bonds. The van der Waals surface area contributed by atoms with Crippen molar-refractivity contribution in [1.29, 1.82) is 0 Å².